The highest BCUT2D eigenvalue weighted by atomic mass is 16.6. The molecule has 1 atom stereocenters. The standard InChI is InChI=1S/C29H39N9O9/c1-29(2,3)23-17-35(10-11-36(23)28(41)42)9-6-12-47-22-15-18(25(30)39)13-20(37(43)44)24(22)32-7-4-5-8-33-27-21(38(45)46)14-19(16-34-27)26(31)40/h4-5,13-16,23,32H,6-12,17H2,1-3H3,(H2,30,39)(H2,31,40)(H,33,34)(H,41,42). The van der Waals surface area contributed by atoms with Gasteiger partial charge in [-0.2, -0.15) is 0 Å². The van der Waals surface area contributed by atoms with Gasteiger partial charge in [-0.1, -0.05) is 32.9 Å². The second-order valence-corrected chi connectivity index (χ2v) is 11.8. The number of nitro benzene ring substituents is 1. The Labute approximate surface area is 270 Å². The van der Waals surface area contributed by atoms with E-state index >= 15 is 0 Å². The quantitative estimate of drug-likeness (QED) is 0.0799. The van der Waals surface area contributed by atoms with Gasteiger partial charge >= 0.3 is 11.8 Å². The van der Waals surface area contributed by atoms with E-state index in [1.807, 2.05) is 20.8 Å². The van der Waals surface area contributed by atoms with Crippen molar-refractivity contribution >= 4 is 40.8 Å². The Balaban J connectivity index is 1.65. The molecule has 0 bridgehead atoms. The van der Waals surface area contributed by atoms with Crippen molar-refractivity contribution < 1.29 is 34.1 Å². The topological polar surface area (TPSA) is 262 Å². The fraction of sp³-hybridized carbons (Fsp3) is 0.448. The van der Waals surface area contributed by atoms with Gasteiger partial charge < -0.3 is 36.8 Å². The lowest BCUT2D eigenvalue weighted by Crippen LogP contribution is -2.59. The lowest BCUT2D eigenvalue weighted by Gasteiger charge is -2.46. The molecule has 0 aliphatic carbocycles. The first-order valence-corrected chi connectivity index (χ1v) is 14.6. The molecule has 1 aliphatic rings. The molecule has 2 aromatic rings. The number of nitro groups is 2. The van der Waals surface area contributed by atoms with Crippen molar-refractivity contribution in [2.24, 2.45) is 16.9 Å². The SMILES string of the molecule is CC(C)(C)C1CN(CCCOc2cc(C(N)=O)cc([N+](=O)[O-])c2NCC=CCNc2ncc(C(N)=O)cc2[N+](=O)[O-])CCN1C(=O)O. The smallest absolute Gasteiger partial charge is 0.407 e. The summed E-state index contributed by atoms with van der Waals surface area (Å²) < 4.78 is 5.91. The molecule has 1 saturated heterocycles. The van der Waals surface area contributed by atoms with Crippen LogP contribution in [0.25, 0.3) is 0 Å². The summed E-state index contributed by atoms with van der Waals surface area (Å²) in [4.78, 5) is 64.3. The number of nitrogens with one attached hydrogen (secondary N) is 2. The Morgan fingerprint density at radius 3 is 2.21 bits per heavy atom. The molecule has 0 saturated carbocycles. The molecule has 3 rings (SSSR count). The highest BCUT2D eigenvalue weighted by Crippen LogP contribution is 2.36. The van der Waals surface area contributed by atoms with E-state index in [-0.39, 0.29) is 59.5 Å². The molecule has 1 aromatic carbocycles. The van der Waals surface area contributed by atoms with Crippen molar-refractivity contribution in [2.45, 2.75) is 33.2 Å². The first-order chi connectivity index (χ1) is 22.1. The highest BCUT2D eigenvalue weighted by Gasteiger charge is 2.37. The van der Waals surface area contributed by atoms with Crippen molar-refractivity contribution in [1.82, 2.24) is 14.8 Å². The molecule has 1 aromatic heterocycles. The Hall–Kier alpha value is -5.52. The number of nitrogens with zero attached hydrogens (tertiary/aromatic N) is 5. The summed E-state index contributed by atoms with van der Waals surface area (Å²) in [5.41, 5.74) is 9.26. The van der Waals surface area contributed by atoms with Gasteiger partial charge in [0.05, 0.1) is 28.1 Å². The fourth-order valence-corrected chi connectivity index (χ4v) is 5.01. The number of carbonyl (C=O) groups is 3. The summed E-state index contributed by atoms with van der Waals surface area (Å²) in [5, 5.41) is 38.6. The number of primary amides is 2. The predicted molar refractivity (Wildman–Crippen MR) is 172 cm³/mol. The van der Waals surface area contributed by atoms with Gasteiger partial charge in [0.15, 0.2) is 5.69 Å². The van der Waals surface area contributed by atoms with Crippen LogP contribution < -0.4 is 26.8 Å². The Bertz CT molecular complexity index is 1540. The van der Waals surface area contributed by atoms with Crippen molar-refractivity contribution in [3.63, 3.8) is 0 Å². The number of amides is 3. The van der Waals surface area contributed by atoms with Crippen LogP contribution in [0.1, 0.15) is 47.9 Å². The second-order valence-electron chi connectivity index (χ2n) is 11.8. The lowest BCUT2D eigenvalue weighted by atomic mass is 9.84. The number of anilines is 2. The molecule has 18 heteroatoms. The first kappa shape index (κ1) is 36.0. The molecule has 3 amide bonds. The maximum absolute atomic E-state index is 11.9. The van der Waals surface area contributed by atoms with E-state index in [9.17, 15) is 39.7 Å². The third kappa shape index (κ3) is 9.73. The fourth-order valence-electron chi connectivity index (χ4n) is 5.01. The van der Waals surface area contributed by atoms with Crippen LogP contribution in [0, 0.1) is 25.6 Å². The third-order valence-corrected chi connectivity index (χ3v) is 7.45. The molecule has 47 heavy (non-hydrogen) atoms. The van der Waals surface area contributed by atoms with E-state index in [1.165, 1.54) is 11.0 Å². The molecule has 1 aliphatic heterocycles. The van der Waals surface area contributed by atoms with E-state index in [2.05, 4.69) is 20.5 Å². The number of hydrogen-bond acceptors (Lipinski definition) is 12. The number of aromatic nitrogens is 1. The van der Waals surface area contributed by atoms with Crippen molar-refractivity contribution in [1.29, 1.82) is 0 Å². The molecule has 2 heterocycles. The van der Waals surface area contributed by atoms with Crippen LogP contribution in [-0.2, 0) is 0 Å². The van der Waals surface area contributed by atoms with Crippen LogP contribution >= 0.6 is 0 Å². The molecule has 0 radical (unpaired) electrons. The van der Waals surface area contributed by atoms with Gasteiger partial charge in [-0.15, -0.1) is 0 Å². The molecule has 254 valence electrons. The summed E-state index contributed by atoms with van der Waals surface area (Å²) >= 11 is 0. The Kier molecular flexibility index (Phi) is 12.0. The van der Waals surface area contributed by atoms with Crippen molar-refractivity contribution in [2.75, 3.05) is 56.5 Å². The molecular formula is C29H39N9O9. The average molecular weight is 658 g/mol. The summed E-state index contributed by atoms with van der Waals surface area (Å²) in [5.74, 6) is -1.75. The number of ether oxygens (including phenoxy) is 1. The maximum Gasteiger partial charge on any atom is 0.407 e. The number of pyridine rings is 1. The summed E-state index contributed by atoms with van der Waals surface area (Å²) in [7, 11) is 0. The zero-order valence-corrected chi connectivity index (χ0v) is 26.3. The van der Waals surface area contributed by atoms with Crippen LogP contribution in [0.5, 0.6) is 5.75 Å². The van der Waals surface area contributed by atoms with E-state index in [4.69, 9.17) is 16.2 Å². The zero-order chi connectivity index (χ0) is 34.9. The monoisotopic (exact) mass is 657 g/mol. The third-order valence-electron chi connectivity index (χ3n) is 7.45. The lowest BCUT2D eigenvalue weighted by molar-refractivity contribution is -0.384. The number of hydrogen-bond donors (Lipinski definition) is 5. The van der Waals surface area contributed by atoms with Crippen LogP contribution in [-0.4, -0.2) is 99.6 Å². The number of piperazine rings is 1. The molecular weight excluding hydrogens is 618 g/mol. The zero-order valence-electron chi connectivity index (χ0n) is 26.3. The normalized spacial score (nSPS) is 15.3. The molecule has 1 unspecified atom stereocenters. The van der Waals surface area contributed by atoms with Crippen molar-refractivity contribution in [3.05, 3.63) is 67.9 Å². The number of carbonyl (C=O) groups excluding carboxylic acids is 2. The largest absolute Gasteiger partial charge is 0.491 e. The summed E-state index contributed by atoms with van der Waals surface area (Å²) in [6, 6.07) is 3.20. The van der Waals surface area contributed by atoms with E-state index in [1.54, 1.807) is 12.2 Å². The van der Waals surface area contributed by atoms with Crippen molar-refractivity contribution in [3.8, 4) is 5.75 Å². The first-order valence-electron chi connectivity index (χ1n) is 14.6. The number of rotatable bonds is 15. The van der Waals surface area contributed by atoms with E-state index < -0.39 is 39.1 Å². The molecule has 1 fully saturated rings. The van der Waals surface area contributed by atoms with Crippen LogP contribution in [0.15, 0.2) is 36.5 Å². The maximum atomic E-state index is 11.9. The van der Waals surface area contributed by atoms with Crippen LogP contribution in [0.3, 0.4) is 0 Å². The minimum Gasteiger partial charge on any atom is -0.491 e. The van der Waals surface area contributed by atoms with E-state index in [0.29, 0.717) is 32.6 Å². The Morgan fingerprint density at radius 2 is 1.64 bits per heavy atom. The van der Waals surface area contributed by atoms with Gasteiger partial charge in [0.1, 0.15) is 5.75 Å². The Morgan fingerprint density at radius 1 is 1.02 bits per heavy atom. The highest BCUT2D eigenvalue weighted by molar-refractivity contribution is 5.96. The molecule has 18 nitrogen and oxygen atoms in total. The van der Waals surface area contributed by atoms with E-state index in [0.717, 1.165) is 18.3 Å². The number of nitrogens with two attached hydrogens (primary N) is 2. The van der Waals surface area contributed by atoms with Gasteiger partial charge in [-0.05, 0) is 17.9 Å². The van der Waals surface area contributed by atoms with Gasteiger partial charge in [0.2, 0.25) is 11.7 Å². The predicted octanol–water partition coefficient (Wildman–Crippen LogP) is 2.66. The molecule has 7 N–H and O–H groups in total. The second kappa shape index (κ2) is 15.7. The molecule has 0 spiro atoms. The van der Waals surface area contributed by atoms with Gasteiger partial charge in [-0.3, -0.25) is 34.7 Å². The summed E-state index contributed by atoms with van der Waals surface area (Å²) in [6.45, 7) is 8.36. The number of carboxylic acid groups (broad SMARTS) is 1. The minimum absolute atomic E-state index is 0.0276. The average Bonchev–Trinajstić information content (AvgIpc) is 3.00. The van der Waals surface area contributed by atoms with Gasteiger partial charge in [0, 0.05) is 63.2 Å². The van der Waals surface area contributed by atoms with Crippen LogP contribution in [0.2, 0.25) is 0 Å². The number of benzene rings is 1. The van der Waals surface area contributed by atoms with Gasteiger partial charge in [-0.25, -0.2) is 9.78 Å². The minimum atomic E-state index is -0.952. The van der Waals surface area contributed by atoms with Gasteiger partial charge in [0.25, 0.3) is 11.6 Å². The van der Waals surface area contributed by atoms with Crippen LogP contribution in [0.4, 0.5) is 27.7 Å². The summed E-state index contributed by atoms with van der Waals surface area (Å²) in [6.07, 6.45) is 3.88.